The molecule has 5 unspecified atom stereocenters. The van der Waals surface area contributed by atoms with Crippen molar-refractivity contribution in [2.45, 2.75) is 169 Å². The van der Waals surface area contributed by atoms with Gasteiger partial charge in [0.1, 0.15) is 23.9 Å². The molecule has 0 N–H and O–H groups in total. The summed E-state index contributed by atoms with van der Waals surface area (Å²) in [7, 11) is 0. The molecule has 0 bridgehead atoms. The molecule has 0 aromatic heterocycles. The summed E-state index contributed by atoms with van der Waals surface area (Å²) in [6, 6.07) is 16.4. The average molecular weight is 825 g/mol. The minimum Gasteiger partial charge on any atom is -0.465 e. The molecule has 8 nitrogen and oxygen atoms in total. The Morgan fingerprint density at radius 3 is 1.95 bits per heavy atom. The van der Waals surface area contributed by atoms with Crippen molar-refractivity contribution < 1.29 is 38.1 Å². The summed E-state index contributed by atoms with van der Waals surface area (Å²) in [5.41, 5.74) is 3.91. The Morgan fingerprint density at radius 1 is 0.700 bits per heavy atom. The van der Waals surface area contributed by atoms with E-state index in [1.54, 1.807) is 0 Å². The Morgan fingerprint density at radius 2 is 1.30 bits per heavy atom. The van der Waals surface area contributed by atoms with Crippen molar-refractivity contribution in [3.8, 4) is 11.1 Å². The van der Waals surface area contributed by atoms with Crippen molar-refractivity contribution in [3.63, 3.8) is 0 Å². The molecule has 0 aliphatic heterocycles. The van der Waals surface area contributed by atoms with Crippen LogP contribution in [0.15, 0.2) is 48.5 Å². The van der Waals surface area contributed by atoms with Crippen LogP contribution >= 0.6 is 0 Å². The maximum absolute atomic E-state index is 14.1. The third-order valence-corrected chi connectivity index (χ3v) is 15.8. The number of rotatable bonds is 12. The summed E-state index contributed by atoms with van der Waals surface area (Å²) in [5, 5.41) is 0. The van der Waals surface area contributed by atoms with Gasteiger partial charge >= 0.3 is 23.9 Å². The number of carbonyl (C=O) groups excluding carboxylic acids is 4. The summed E-state index contributed by atoms with van der Waals surface area (Å²) in [4.78, 5) is 53.3. The second-order valence-corrected chi connectivity index (χ2v) is 21.9. The van der Waals surface area contributed by atoms with Crippen LogP contribution in [0.5, 0.6) is 0 Å². The third kappa shape index (κ3) is 9.38. The summed E-state index contributed by atoms with van der Waals surface area (Å²) in [6.45, 7) is 18.8. The third-order valence-electron chi connectivity index (χ3n) is 15.8. The van der Waals surface area contributed by atoms with Gasteiger partial charge in [-0.3, -0.25) is 19.2 Å². The van der Waals surface area contributed by atoms with Gasteiger partial charge < -0.3 is 18.9 Å². The molecule has 4 saturated carbocycles. The van der Waals surface area contributed by atoms with Gasteiger partial charge in [0.05, 0.1) is 12.3 Å². The fourth-order valence-electron chi connectivity index (χ4n) is 13.2. The lowest BCUT2D eigenvalue weighted by Crippen LogP contribution is -2.54. The van der Waals surface area contributed by atoms with Gasteiger partial charge in [-0.2, -0.15) is 0 Å². The van der Waals surface area contributed by atoms with E-state index >= 15 is 0 Å². The minimum atomic E-state index is -0.804. The van der Waals surface area contributed by atoms with Crippen LogP contribution in [0.3, 0.4) is 0 Å². The lowest BCUT2D eigenvalue weighted by Gasteiger charge is -2.61. The molecule has 5 aliphatic rings. The van der Waals surface area contributed by atoms with E-state index < -0.39 is 35.0 Å². The molecule has 328 valence electrons. The Kier molecular flexibility index (Phi) is 12.7. The van der Waals surface area contributed by atoms with Crippen molar-refractivity contribution in [1.82, 2.24) is 0 Å². The summed E-state index contributed by atoms with van der Waals surface area (Å²) in [6.07, 6.45) is 10.2. The van der Waals surface area contributed by atoms with E-state index in [9.17, 15) is 19.2 Å². The SMILES string of the molecule is C[C@H](CC(=O)OC(C)(C)C)C1CCC2C3CCC4C[C@H](OC(=O)[C@H](CCC(=O)OC(C)(C)C)CC(=O)OCC5c6ccccc6-c6ccccc65)CC[C@]4(C)C3CC[C@@]21C. The van der Waals surface area contributed by atoms with E-state index in [2.05, 4.69) is 45.0 Å². The molecule has 60 heavy (non-hydrogen) atoms. The Bertz CT molecular complexity index is 1860. The number of fused-ring (bicyclic) bond motifs is 8. The van der Waals surface area contributed by atoms with Crippen molar-refractivity contribution in [2.24, 2.45) is 52.3 Å². The van der Waals surface area contributed by atoms with E-state index in [0.717, 1.165) is 47.9 Å². The first-order valence-electron chi connectivity index (χ1n) is 23.2. The lowest BCUT2D eigenvalue weighted by molar-refractivity contribution is -0.170. The standard InChI is InChI=1S/C52H72O8/c1-32(28-47(55)60-50(5,6)7)42-21-22-43-40-20-19-34-30-35(24-26-51(34,8)44(40)25-27-52(42,43)9)58-48(56)33(18-23-45(53)59-49(2,3)4)29-46(54)57-31-41-38-16-12-10-14-36(38)37-15-11-13-17-39(37)41/h10-17,32-35,40-44H,18-31H2,1-9H3/t32-,33-,34?,35-,40?,42?,43?,44?,51+,52-/m1/s1. The number of benzene rings is 2. The van der Waals surface area contributed by atoms with Crippen LogP contribution in [-0.4, -0.2) is 47.8 Å². The molecule has 8 heteroatoms. The molecule has 2 aromatic carbocycles. The molecule has 4 fully saturated rings. The van der Waals surface area contributed by atoms with Crippen molar-refractivity contribution in [2.75, 3.05) is 6.61 Å². The average Bonchev–Trinajstić information content (AvgIpc) is 3.69. The monoisotopic (exact) mass is 825 g/mol. The van der Waals surface area contributed by atoms with Crippen LogP contribution in [0.4, 0.5) is 0 Å². The molecular weight excluding hydrogens is 753 g/mol. The first-order chi connectivity index (χ1) is 28.3. The highest BCUT2D eigenvalue weighted by Crippen LogP contribution is 2.68. The van der Waals surface area contributed by atoms with Gasteiger partial charge in [-0.1, -0.05) is 69.3 Å². The van der Waals surface area contributed by atoms with Crippen LogP contribution in [0.2, 0.25) is 0 Å². The Balaban J connectivity index is 0.970. The van der Waals surface area contributed by atoms with Crippen LogP contribution in [0.1, 0.15) is 163 Å². The van der Waals surface area contributed by atoms with Crippen LogP contribution in [0, 0.1) is 52.3 Å². The maximum Gasteiger partial charge on any atom is 0.309 e. The van der Waals surface area contributed by atoms with Crippen LogP contribution < -0.4 is 0 Å². The zero-order valence-electron chi connectivity index (χ0n) is 38.0. The fourth-order valence-corrected chi connectivity index (χ4v) is 13.2. The van der Waals surface area contributed by atoms with E-state index in [1.165, 1.54) is 32.1 Å². The van der Waals surface area contributed by atoms with Gasteiger partial charge in [-0.05, 0) is 174 Å². The highest BCUT2D eigenvalue weighted by molar-refractivity contribution is 5.82. The van der Waals surface area contributed by atoms with Crippen LogP contribution in [0.25, 0.3) is 11.1 Å². The fraction of sp³-hybridized carbons (Fsp3) is 0.692. The number of carbonyl (C=O) groups is 4. The number of ether oxygens (including phenoxy) is 4. The smallest absolute Gasteiger partial charge is 0.309 e. The summed E-state index contributed by atoms with van der Waals surface area (Å²) >= 11 is 0. The minimum absolute atomic E-state index is 0.0167. The first-order valence-corrected chi connectivity index (χ1v) is 23.2. The summed E-state index contributed by atoms with van der Waals surface area (Å²) < 4.78 is 23.6. The van der Waals surface area contributed by atoms with Gasteiger partial charge in [0.25, 0.3) is 0 Å². The number of esters is 4. The largest absolute Gasteiger partial charge is 0.465 e. The normalized spacial score (nSPS) is 30.7. The zero-order chi connectivity index (χ0) is 43.2. The van der Waals surface area contributed by atoms with E-state index in [0.29, 0.717) is 41.9 Å². The van der Waals surface area contributed by atoms with E-state index in [-0.39, 0.29) is 54.7 Å². The van der Waals surface area contributed by atoms with Crippen molar-refractivity contribution >= 4 is 23.9 Å². The molecule has 7 rings (SSSR count). The molecule has 2 aromatic rings. The molecule has 0 saturated heterocycles. The van der Waals surface area contributed by atoms with Gasteiger partial charge in [0.15, 0.2) is 0 Å². The second-order valence-electron chi connectivity index (χ2n) is 21.9. The zero-order valence-corrected chi connectivity index (χ0v) is 38.0. The Labute approximate surface area is 359 Å². The van der Waals surface area contributed by atoms with Gasteiger partial charge in [-0.25, -0.2) is 0 Å². The lowest BCUT2D eigenvalue weighted by atomic mass is 9.44. The molecule has 0 amide bonds. The molecule has 0 radical (unpaired) electrons. The first kappa shape index (κ1) is 44.4. The number of hydrogen-bond donors (Lipinski definition) is 0. The molecular formula is C52H72O8. The van der Waals surface area contributed by atoms with Gasteiger partial charge in [0, 0.05) is 18.8 Å². The summed E-state index contributed by atoms with van der Waals surface area (Å²) in [5.74, 6) is 1.10. The predicted octanol–water partition coefficient (Wildman–Crippen LogP) is 11.4. The van der Waals surface area contributed by atoms with Crippen molar-refractivity contribution in [3.05, 3.63) is 59.7 Å². The van der Waals surface area contributed by atoms with Crippen LogP contribution in [-0.2, 0) is 38.1 Å². The maximum atomic E-state index is 14.1. The quantitative estimate of drug-likeness (QED) is 0.154. The van der Waals surface area contributed by atoms with E-state index in [4.69, 9.17) is 18.9 Å². The van der Waals surface area contributed by atoms with Gasteiger partial charge in [0.2, 0.25) is 0 Å². The highest BCUT2D eigenvalue weighted by Gasteiger charge is 2.61. The second kappa shape index (κ2) is 17.2. The predicted molar refractivity (Wildman–Crippen MR) is 233 cm³/mol. The van der Waals surface area contributed by atoms with E-state index in [1.807, 2.05) is 65.8 Å². The topological polar surface area (TPSA) is 105 Å². The van der Waals surface area contributed by atoms with Crippen molar-refractivity contribution in [1.29, 1.82) is 0 Å². The Hall–Kier alpha value is -3.68. The molecule has 0 heterocycles. The molecule has 0 spiro atoms. The highest BCUT2D eigenvalue weighted by atomic mass is 16.6. The van der Waals surface area contributed by atoms with Gasteiger partial charge in [-0.15, -0.1) is 0 Å². The molecule has 5 aliphatic carbocycles. The number of hydrogen-bond acceptors (Lipinski definition) is 8. The molecule has 10 atom stereocenters.